The van der Waals surface area contributed by atoms with Crippen LogP contribution in [0.25, 0.3) is 0 Å². The summed E-state index contributed by atoms with van der Waals surface area (Å²) in [5.41, 5.74) is 0.103. The summed E-state index contributed by atoms with van der Waals surface area (Å²) in [5, 5.41) is 0. The summed E-state index contributed by atoms with van der Waals surface area (Å²) < 4.78 is 40.3. The fourth-order valence-corrected chi connectivity index (χ4v) is 2.79. The van der Waals surface area contributed by atoms with E-state index < -0.39 is 11.7 Å². The van der Waals surface area contributed by atoms with Gasteiger partial charge in [0.15, 0.2) is 0 Å². The van der Waals surface area contributed by atoms with E-state index in [1.165, 1.54) is 6.07 Å². The van der Waals surface area contributed by atoms with Crippen LogP contribution in [0.2, 0.25) is 0 Å². The Morgan fingerprint density at radius 2 is 1.79 bits per heavy atom. The zero-order valence-electron chi connectivity index (χ0n) is 14.5. The highest BCUT2D eigenvalue weighted by atomic mass is 19.4. The molecule has 0 spiro atoms. The van der Waals surface area contributed by atoms with E-state index in [9.17, 15) is 18.0 Å². The summed E-state index contributed by atoms with van der Waals surface area (Å²) in [6, 6.07) is 4.33. The van der Waals surface area contributed by atoms with Crippen LogP contribution in [-0.4, -0.2) is 48.8 Å². The molecule has 0 radical (unpaired) electrons. The van der Waals surface area contributed by atoms with Crippen LogP contribution in [0.5, 0.6) is 0 Å². The maximum absolute atomic E-state index is 13.4. The minimum absolute atomic E-state index is 0.0463. The lowest BCUT2D eigenvalue weighted by molar-refractivity contribution is -0.138. The van der Waals surface area contributed by atoms with Gasteiger partial charge in [-0.15, -0.1) is 0 Å². The third-order valence-corrected chi connectivity index (χ3v) is 4.49. The number of benzene rings is 1. The Hall–Kier alpha value is -1.40. The van der Waals surface area contributed by atoms with Crippen molar-refractivity contribution in [3.63, 3.8) is 0 Å². The zero-order chi connectivity index (χ0) is 17.9. The molecule has 1 aromatic rings. The second-order valence-electron chi connectivity index (χ2n) is 6.87. The molecule has 24 heavy (non-hydrogen) atoms. The number of piperazine rings is 1. The van der Waals surface area contributed by atoms with Crippen LogP contribution in [0.15, 0.2) is 18.2 Å². The molecular weight excluding hydrogens is 317 g/mol. The molecule has 1 aliphatic heterocycles. The lowest BCUT2D eigenvalue weighted by atomic mass is 9.96. The van der Waals surface area contributed by atoms with Crippen molar-refractivity contribution < 1.29 is 18.0 Å². The zero-order valence-corrected chi connectivity index (χ0v) is 14.5. The number of alkyl halides is 3. The van der Waals surface area contributed by atoms with E-state index in [4.69, 9.17) is 0 Å². The molecule has 0 N–H and O–H groups in total. The molecule has 6 heteroatoms. The van der Waals surface area contributed by atoms with E-state index in [1.807, 2.05) is 11.9 Å². The molecule has 0 aromatic heterocycles. The van der Waals surface area contributed by atoms with E-state index in [0.29, 0.717) is 12.1 Å². The maximum Gasteiger partial charge on any atom is 0.416 e. The van der Waals surface area contributed by atoms with Crippen molar-refractivity contribution in [1.82, 2.24) is 9.80 Å². The number of Topliss-reactive ketones (excluding diaryl/α,β-unsaturated/α-hetero) is 1. The van der Waals surface area contributed by atoms with Crippen molar-refractivity contribution >= 4 is 5.78 Å². The van der Waals surface area contributed by atoms with E-state index in [0.717, 1.165) is 32.2 Å². The topological polar surface area (TPSA) is 23.6 Å². The van der Waals surface area contributed by atoms with E-state index >= 15 is 0 Å². The van der Waals surface area contributed by atoms with E-state index in [1.54, 1.807) is 19.9 Å². The first-order valence-electron chi connectivity index (χ1n) is 8.29. The van der Waals surface area contributed by atoms with Gasteiger partial charge in [-0.25, -0.2) is 0 Å². The number of likely N-dealkylation sites (N-methyl/N-ethyl adjacent to an activating group) is 1. The lowest BCUT2D eigenvalue weighted by Crippen LogP contribution is -2.44. The average molecular weight is 342 g/mol. The second kappa shape index (κ2) is 7.66. The number of rotatable bonds is 5. The lowest BCUT2D eigenvalue weighted by Gasteiger charge is -2.33. The molecule has 0 saturated carbocycles. The summed E-state index contributed by atoms with van der Waals surface area (Å²) in [4.78, 5) is 16.0. The third kappa shape index (κ3) is 5.05. The molecule has 2 rings (SSSR count). The van der Waals surface area contributed by atoms with Crippen LogP contribution in [0.3, 0.4) is 0 Å². The Morgan fingerprint density at radius 3 is 2.33 bits per heavy atom. The summed E-state index contributed by atoms with van der Waals surface area (Å²) in [6.07, 6.45) is -4.35. The molecule has 1 heterocycles. The first kappa shape index (κ1) is 18.9. The van der Waals surface area contributed by atoms with Gasteiger partial charge in [-0.05, 0) is 24.2 Å². The summed E-state index contributed by atoms with van der Waals surface area (Å²) in [5.74, 6) is -0.223. The van der Waals surface area contributed by atoms with Crippen LogP contribution in [0, 0.1) is 5.92 Å². The van der Waals surface area contributed by atoms with Crippen LogP contribution < -0.4 is 0 Å². The predicted molar refractivity (Wildman–Crippen MR) is 87.8 cm³/mol. The molecule has 0 aliphatic carbocycles. The highest BCUT2D eigenvalue weighted by Crippen LogP contribution is 2.33. The molecule has 0 atom stereocenters. The standard InChI is InChI=1S/C18H25F3N2O/c1-13(2)17(24)11-14-4-5-15(16(10-14)18(19,20)21)12-23-8-6-22(3)7-9-23/h4-5,10,13H,6-9,11-12H2,1-3H3. The van der Waals surface area contributed by atoms with Crippen LogP contribution in [-0.2, 0) is 23.9 Å². The number of carbonyl (C=O) groups is 1. The van der Waals surface area contributed by atoms with Gasteiger partial charge in [-0.1, -0.05) is 26.0 Å². The summed E-state index contributed by atoms with van der Waals surface area (Å²) in [7, 11) is 2.01. The number of halogens is 3. The molecule has 1 fully saturated rings. The average Bonchev–Trinajstić information content (AvgIpc) is 2.49. The van der Waals surface area contributed by atoms with Gasteiger partial charge in [-0.2, -0.15) is 13.2 Å². The van der Waals surface area contributed by atoms with Crippen molar-refractivity contribution in [2.24, 2.45) is 5.92 Å². The van der Waals surface area contributed by atoms with Gasteiger partial charge in [0, 0.05) is 45.1 Å². The molecule has 3 nitrogen and oxygen atoms in total. The second-order valence-corrected chi connectivity index (χ2v) is 6.87. The predicted octanol–water partition coefficient (Wildman–Crippen LogP) is 3.22. The summed E-state index contributed by atoms with van der Waals surface area (Å²) in [6.45, 7) is 7.07. The van der Waals surface area contributed by atoms with Gasteiger partial charge >= 0.3 is 6.18 Å². The monoisotopic (exact) mass is 342 g/mol. The minimum atomic E-state index is -4.40. The SMILES string of the molecule is CC(C)C(=O)Cc1ccc(CN2CCN(C)CC2)c(C(F)(F)F)c1. The van der Waals surface area contributed by atoms with Gasteiger partial charge in [0.1, 0.15) is 5.78 Å². The van der Waals surface area contributed by atoms with E-state index in [-0.39, 0.29) is 23.7 Å². The Labute approximate surface area is 141 Å². The molecule has 134 valence electrons. The number of nitrogens with zero attached hydrogens (tertiary/aromatic N) is 2. The Bertz CT molecular complexity index is 576. The number of ketones is 1. The molecular formula is C18H25F3N2O. The fourth-order valence-electron chi connectivity index (χ4n) is 2.79. The largest absolute Gasteiger partial charge is 0.416 e. The third-order valence-electron chi connectivity index (χ3n) is 4.49. The van der Waals surface area contributed by atoms with E-state index in [2.05, 4.69) is 4.90 Å². The highest BCUT2D eigenvalue weighted by Gasteiger charge is 2.34. The Kier molecular flexibility index (Phi) is 6.04. The van der Waals surface area contributed by atoms with Crippen LogP contribution in [0.4, 0.5) is 13.2 Å². The molecule has 0 amide bonds. The van der Waals surface area contributed by atoms with Gasteiger partial charge in [0.2, 0.25) is 0 Å². The summed E-state index contributed by atoms with van der Waals surface area (Å²) >= 11 is 0. The molecule has 0 bridgehead atoms. The Morgan fingerprint density at radius 1 is 1.17 bits per heavy atom. The van der Waals surface area contributed by atoms with Crippen molar-refractivity contribution in [2.75, 3.05) is 33.2 Å². The molecule has 1 saturated heterocycles. The number of carbonyl (C=O) groups excluding carboxylic acids is 1. The molecule has 0 unspecified atom stereocenters. The fraction of sp³-hybridized carbons (Fsp3) is 0.611. The van der Waals surface area contributed by atoms with Gasteiger partial charge in [0.25, 0.3) is 0 Å². The van der Waals surface area contributed by atoms with Crippen molar-refractivity contribution in [3.8, 4) is 0 Å². The van der Waals surface area contributed by atoms with Crippen molar-refractivity contribution in [2.45, 2.75) is 33.0 Å². The molecule has 1 aromatic carbocycles. The van der Waals surface area contributed by atoms with Crippen LogP contribution in [0.1, 0.15) is 30.5 Å². The van der Waals surface area contributed by atoms with Crippen molar-refractivity contribution in [1.29, 1.82) is 0 Å². The maximum atomic E-state index is 13.4. The highest BCUT2D eigenvalue weighted by molar-refractivity contribution is 5.82. The number of hydrogen-bond donors (Lipinski definition) is 0. The molecule has 1 aliphatic rings. The van der Waals surface area contributed by atoms with Gasteiger partial charge in [-0.3, -0.25) is 9.69 Å². The number of hydrogen-bond acceptors (Lipinski definition) is 3. The smallest absolute Gasteiger partial charge is 0.304 e. The normalized spacial score (nSPS) is 17.5. The quantitative estimate of drug-likeness (QED) is 0.821. The van der Waals surface area contributed by atoms with Gasteiger partial charge in [0.05, 0.1) is 5.56 Å². The Balaban J connectivity index is 2.19. The van der Waals surface area contributed by atoms with Crippen LogP contribution >= 0.6 is 0 Å². The van der Waals surface area contributed by atoms with Crippen molar-refractivity contribution in [3.05, 3.63) is 34.9 Å². The minimum Gasteiger partial charge on any atom is -0.304 e. The first-order chi connectivity index (χ1) is 11.2. The van der Waals surface area contributed by atoms with Gasteiger partial charge < -0.3 is 4.90 Å². The first-order valence-corrected chi connectivity index (χ1v) is 8.29.